The van der Waals surface area contributed by atoms with Crippen LogP contribution in [0.1, 0.15) is 26.2 Å². The van der Waals surface area contributed by atoms with E-state index in [2.05, 4.69) is 0 Å². The van der Waals surface area contributed by atoms with Crippen molar-refractivity contribution in [3.63, 3.8) is 0 Å². The lowest BCUT2D eigenvalue weighted by Gasteiger charge is -2.29. The number of ketones is 1. The largest absolute Gasteiger partial charge is 0.344 e. The topological polar surface area (TPSA) is 60.9 Å². The predicted octanol–water partition coefficient (Wildman–Crippen LogP) is 0.623. The highest BCUT2D eigenvalue weighted by Crippen LogP contribution is 2.29. The highest BCUT2D eigenvalue weighted by atomic mass is 16.5. The Bertz CT molecular complexity index is 279. The number of piperidine rings is 1. The van der Waals surface area contributed by atoms with Gasteiger partial charge in [0.25, 0.3) is 0 Å². The van der Waals surface area contributed by atoms with Crippen molar-refractivity contribution in [3.8, 4) is 0 Å². The first-order valence-corrected chi connectivity index (χ1v) is 4.87. The summed E-state index contributed by atoms with van der Waals surface area (Å²) in [7, 11) is 0. The fourth-order valence-corrected chi connectivity index (χ4v) is 2.27. The number of carbonyl (C=O) groups excluding carboxylic acids is 2. The van der Waals surface area contributed by atoms with Crippen LogP contribution >= 0.6 is 0 Å². The average Bonchev–Trinajstić information content (AvgIpc) is 2.36. The van der Waals surface area contributed by atoms with Crippen LogP contribution in [0.3, 0.4) is 0 Å². The third kappa shape index (κ3) is 1.37. The number of hydrogen-bond donors (Lipinski definition) is 1. The van der Waals surface area contributed by atoms with Gasteiger partial charge < -0.3 is 4.90 Å². The molecule has 0 radical (unpaired) electrons. The molecule has 2 saturated heterocycles. The van der Waals surface area contributed by atoms with Crippen molar-refractivity contribution in [3.05, 3.63) is 0 Å². The molecule has 2 rings (SSSR count). The van der Waals surface area contributed by atoms with Gasteiger partial charge in [0, 0.05) is 19.0 Å². The van der Waals surface area contributed by atoms with Gasteiger partial charge in [0.15, 0.2) is 0 Å². The van der Waals surface area contributed by atoms with Crippen LogP contribution in [0.4, 0.5) is 4.79 Å². The van der Waals surface area contributed by atoms with Gasteiger partial charge >= 0.3 is 6.03 Å². The predicted molar refractivity (Wildman–Crippen MR) is 47.8 cm³/mol. The van der Waals surface area contributed by atoms with Gasteiger partial charge in [-0.05, 0) is 19.8 Å². The van der Waals surface area contributed by atoms with E-state index in [9.17, 15) is 14.8 Å². The second-order valence-corrected chi connectivity index (χ2v) is 4.07. The first-order valence-electron chi connectivity index (χ1n) is 4.87. The summed E-state index contributed by atoms with van der Waals surface area (Å²) in [6.45, 7) is 2.09. The van der Waals surface area contributed by atoms with Gasteiger partial charge in [-0.2, -0.15) is 0 Å². The number of nitrogens with zero attached hydrogens (tertiary/aromatic N) is 2. The van der Waals surface area contributed by atoms with Crippen molar-refractivity contribution < 1.29 is 14.8 Å². The minimum Gasteiger partial charge on any atom is -0.317 e. The summed E-state index contributed by atoms with van der Waals surface area (Å²) < 4.78 is 0. The quantitative estimate of drug-likeness (QED) is 0.662. The Hall–Kier alpha value is -1.10. The molecule has 2 fully saturated rings. The van der Waals surface area contributed by atoms with Crippen LogP contribution in [0.15, 0.2) is 0 Å². The van der Waals surface area contributed by atoms with Crippen LogP contribution < -0.4 is 0 Å². The molecule has 2 unspecified atom stereocenters. The Morgan fingerprint density at radius 1 is 1.57 bits per heavy atom. The number of amides is 2. The van der Waals surface area contributed by atoms with Crippen LogP contribution in [0.25, 0.3) is 0 Å². The summed E-state index contributed by atoms with van der Waals surface area (Å²) in [6, 6.07) is -0.419. The second kappa shape index (κ2) is 3.24. The first kappa shape index (κ1) is 9.45. The van der Waals surface area contributed by atoms with Gasteiger partial charge in [0.05, 0.1) is 6.04 Å². The van der Waals surface area contributed by atoms with E-state index in [4.69, 9.17) is 0 Å². The smallest absolute Gasteiger partial charge is 0.317 e. The van der Waals surface area contributed by atoms with Crippen LogP contribution in [0, 0.1) is 0 Å². The molecule has 0 aliphatic carbocycles. The Kier molecular flexibility index (Phi) is 2.19. The molecule has 2 atom stereocenters. The Labute approximate surface area is 82.2 Å². The maximum Gasteiger partial charge on any atom is 0.344 e. The molecule has 1 N–H and O–H groups in total. The molecule has 2 bridgehead atoms. The van der Waals surface area contributed by atoms with E-state index in [0.29, 0.717) is 13.0 Å². The third-order valence-electron chi connectivity index (χ3n) is 2.99. The number of hydroxylamine groups is 2. The molecule has 0 aromatic rings. The van der Waals surface area contributed by atoms with Crippen molar-refractivity contribution in [2.24, 2.45) is 0 Å². The number of rotatable bonds is 2. The highest BCUT2D eigenvalue weighted by Gasteiger charge is 2.44. The maximum absolute atomic E-state index is 11.5. The summed E-state index contributed by atoms with van der Waals surface area (Å²) in [4.78, 5) is 24.0. The van der Waals surface area contributed by atoms with E-state index in [1.807, 2.05) is 0 Å². The summed E-state index contributed by atoms with van der Waals surface area (Å²) in [6.07, 6.45) is 2.01. The molecule has 2 aliphatic rings. The maximum atomic E-state index is 11.5. The molecule has 5 heteroatoms. The normalized spacial score (nSPS) is 31.1. The number of fused-ring (bicyclic) bond motifs is 2. The molecule has 0 aromatic heterocycles. The molecule has 2 heterocycles. The van der Waals surface area contributed by atoms with E-state index in [0.717, 1.165) is 17.9 Å². The highest BCUT2D eigenvalue weighted by molar-refractivity contribution is 5.80. The third-order valence-corrected chi connectivity index (χ3v) is 2.99. The lowest BCUT2D eigenvalue weighted by atomic mass is 9.97. The average molecular weight is 198 g/mol. The van der Waals surface area contributed by atoms with Crippen LogP contribution in [0.5, 0.6) is 0 Å². The van der Waals surface area contributed by atoms with E-state index >= 15 is 0 Å². The lowest BCUT2D eigenvalue weighted by Crippen LogP contribution is -2.40. The molecular weight excluding hydrogens is 184 g/mol. The monoisotopic (exact) mass is 198 g/mol. The van der Waals surface area contributed by atoms with Crippen molar-refractivity contribution in [1.29, 1.82) is 0 Å². The summed E-state index contributed by atoms with van der Waals surface area (Å²) in [5.74, 6) is 0.0950. The fourth-order valence-electron chi connectivity index (χ4n) is 2.27. The number of Topliss-reactive ketones (excluding diaryl/α,β-unsaturated/α-hetero) is 1. The zero-order chi connectivity index (χ0) is 10.3. The first-order chi connectivity index (χ1) is 6.59. The van der Waals surface area contributed by atoms with Gasteiger partial charge in [0.2, 0.25) is 0 Å². The summed E-state index contributed by atoms with van der Waals surface area (Å²) >= 11 is 0. The van der Waals surface area contributed by atoms with Crippen molar-refractivity contribution in [2.75, 3.05) is 6.54 Å². The summed E-state index contributed by atoms with van der Waals surface area (Å²) in [5, 5.41) is 10.2. The Morgan fingerprint density at radius 2 is 2.29 bits per heavy atom. The van der Waals surface area contributed by atoms with Gasteiger partial charge in [-0.3, -0.25) is 10.0 Å². The Balaban J connectivity index is 2.09. The molecule has 0 aromatic carbocycles. The number of hydrogen-bond acceptors (Lipinski definition) is 3. The lowest BCUT2D eigenvalue weighted by molar-refractivity contribution is -0.118. The molecular formula is C9H14N2O3. The van der Waals surface area contributed by atoms with Gasteiger partial charge in [0.1, 0.15) is 5.78 Å². The fraction of sp³-hybridized carbons (Fsp3) is 0.778. The zero-order valence-corrected chi connectivity index (χ0v) is 8.14. The van der Waals surface area contributed by atoms with Crippen molar-refractivity contribution >= 4 is 11.8 Å². The molecule has 14 heavy (non-hydrogen) atoms. The number of urea groups is 1. The van der Waals surface area contributed by atoms with E-state index < -0.39 is 0 Å². The summed E-state index contributed by atoms with van der Waals surface area (Å²) in [5.41, 5.74) is 0. The SMILES string of the molecule is CC(=O)CC1CCC2CN1C(=O)N2O. The number of carbonyl (C=O) groups is 2. The van der Waals surface area contributed by atoms with Crippen LogP contribution in [-0.4, -0.2) is 45.6 Å². The second-order valence-electron chi connectivity index (χ2n) is 4.07. The molecule has 2 aliphatic heterocycles. The standard InChI is InChI=1S/C9H14N2O3/c1-6(12)4-7-2-3-8-5-10(7)9(13)11(8)14/h7-8,14H,2-5H2,1H3. The van der Waals surface area contributed by atoms with Gasteiger partial charge in [-0.1, -0.05) is 0 Å². The van der Waals surface area contributed by atoms with Crippen LogP contribution in [-0.2, 0) is 4.79 Å². The molecule has 0 spiro atoms. The molecule has 2 amide bonds. The van der Waals surface area contributed by atoms with Crippen molar-refractivity contribution in [1.82, 2.24) is 9.96 Å². The van der Waals surface area contributed by atoms with Crippen LogP contribution in [0.2, 0.25) is 0 Å². The van der Waals surface area contributed by atoms with E-state index in [-0.39, 0.29) is 23.9 Å². The van der Waals surface area contributed by atoms with Gasteiger partial charge in [-0.15, -0.1) is 0 Å². The van der Waals surface area contributed by atoms with Gasteiger partial charge in [-0.25, -0.2) is 9.86 Å². The molecule has 0 saturated carbocycles. The molecule has 5 nitrogen and oxygen atoms in total. The van der Waals surface area contributed by atoms with E-state index in [1.165, 1.54) is 6.92 Å². The minimum absolute atomic E-state index is 0.00611. The molecule has 78 valence electrons. The van der Waals surface area contributed by atoms with E-state index in [1.54, 1.807) is 4.90 Å². The zero-order valence-electron chi connectivity index (χ0n) is 8.14. The Morgan fingerprint density at radius 3 is 2.93 bits per heavy atom. The van der Waals surface area contributed by atoms with Crippen molar-refractivity contribution in [2.45, 2.75) is 38.3 Å². The minimum atomic E-state index is -0.348.